The number of hydrogen-bond acceptors (Lipinski definition) is 6. The van der Waals surface area contributed by atoms with Gasteiger partial charge in [-0.2, -0.15) is 4.98 Å². The Bertz CT molecular complexity index is 950. The molecule has 0 atom stereocenters. The van der Waals surface area contributed by atoms with E-state index in [1.54, 1.807) is 6.07 Å². The second-order valence-electron chi connectivity index (χ2n) is 6.75. The number of thiazole rings is 1. The van der Waals surface area contributed by atoms with E-state index in [1.807, 2.05) is 58.4 Å². The molecule has 1 aromatic carbocycles. The van der Waals surface area contributed by atoms with E-state index in [1.165, 1.54) is 11.3 Å². The lowest BCUT2D eigenvalue weighted by molar-refractivity contribution is 0.0225. The summed E-state index contributed by atoms with van der Waals surface area (Å²) in [6.45, 7) is 2.72. The van der Waals surface area contributed by atoms with Crippen molar-refractivity contribution in [1.82, 2.24) is 14.5 Å². The predicted octanol–water partition coefficient (Wildman–Crippen LogP) is 3.51. The number of nitrogens with zero attached hydrogens (tertiary/aromatic N) is 3. The van der Waals surface area contributed by atoms with E-state index >= 15 is 0 Å². The van der Waals surface area contributed by atoms with E-state index in [2.05, 4.69) is 15.3 Å². The summed E-state index contributed by atoms with van der Waals surface area (Å²) >= 11 is 1.39. The molecule has 0 radical (unpaired) electrons. The van der Waals surface area contributed by atoms with Crippen molar-refractivity contribution in [2.45, 2.75) is 6.92 Å². The molecule has 0 bridgehead atoms. The Hall–Kier alpha value is -2.55. The van der Waals surface area contributed by atoms with Crippen LogP contribution in [0.15, 0.2) is 36.4 Å². The molecular weight excluding hydrogens is 364 g/mol. The normalized spacial score (nSPS) is 11.6. The van der Waals surface area contributed by atoms with Gasteiger partial charge in [0.15, 0.2) is 11.9 Å². The maximum absolute atomic E-state index is 12.6. The molecule has 2 heterocycles. The highest BCUT2D eigenvalue weighted by Crippen LogP contribution is 2.29. The van der Waals surface area contributed by atoms with Crippen molar-refractivity contribution in [3.05, 3.63) is 42.1 Å². The summed E-state index contributed by atoms with van der Waals surface area (Å²) in [4.78, 5) is 21.5. The monoisotopic (exact) mass is 387 g/mol. The first-order chi connectivity index (χ1) is 12.9. The highest BCUT2D eigenvalue weighted by Gasteiger charge is 2.18. The fourth-order valence-electron chi connectivity index (χ4n) is 2.33. The molecule has 27 heavy (non-hydrogen) atoms. The van der Waals surface area contributed by atoms with Gasteiger partial charge in [0.1, 0.15) is 11.4 Å². The van der Waals surface area contributed by atoms with E-state index in [4.69, 9.17) is 9.47 Å². The third-order valence-corrected chi connectivity index (χ3v) is 4.68. The van der Waals surface area contributed by atoms with Crippen LogP contribution in [0.3, 0.4) is 0 Å². The van der Waals surface area contributed by atoms with Gasteiger partial charge in [0.05, 0.1) is 31.4 Å². The molecule has 2 aromatic heterocycles. The third kappa shape index (κ3) is 4.79. The lowest BCUT2D eigenvalue weighted by Gasteiger charge is -2.21. The Morgan fingerprint density at radius 3 is 2.74 bits per heavy atom. The molecule has 0 saturated heterocycles. The van der Waals surface area contributed by atoms with Crippen LogP contribution in [0.2, 0.25) is 0 Å². The van der Waals surface area contributed by atoms with Gasteiger partial charge in [0.25, 0.3) is 5.91 Å². The number of ether oxygens (including phenoxy) is 2. The molecule has 1 amide bonds. The zero-order chi connectivity index (χ0) is 19.4. The quantitative estimate of drug-likeness (QED) is 0.381. The Morgan fingerprint density at radius 1 is 1.19 bits per heavy atom. The topological polar surface area (TPSA) is 73.3 Å². The predicted molar refractivity (Wildman–Crippen MR) is 108 cm³/mol. The fourth-order valence-corrected chi connectivity index (χ4v) is 3.22. The number of rotatable bonds is 7. The number of amides is 1. The molecule has 0 aliphatic rings. The highest BCUT2D eigenvalue weighted by atomic mass is 32.1. The zero-order valence-corrected chi connectivity index (χ0v) is 16.7. The number of fused-ring (bicyclic) bond motifs is 1. The van der Waals surface area contributed by atoms with Gasteiger partial charge in [-0.05, 0) is 31.2 Å². The lowest BCUT2D eigenvalue weighted by Crippen LogP contribution is -2.36. The van der Waals surface area contributed by atoms with Gasteiger partial charge in [0.2, 0.25) is 5.82 Å². The summed E-state index contributed by atoms with van der Waals surface area (Å²) in [7, 11) is 6.01. The summed E-state index contributed by atoms with van der Waals surface area (Å²) < 4.78 is 12.2. The van der Waals surface area contributed by atoms with Crippen LogP contribution in [-0.4, -0.2) is 50.4 Å². The van der Waals surface area contributed by atoms with Crippen molar-refractivity contribution < 1.29 is 14.3 Å². The molecule has 0 spiro atoms. The van der Waals surface area contributed by atoms with Crippen molar-refractivity contribution in [3.8, 4) is 5.75 Å². The number of hydrogen-bond donors (Lipinski definition) is 1. The van der Waals surface area contributed by atoms with Gasteiger partial charge in [0, 0.05) is 12.7 Å². The number of aromatic nitrogens is 2. The van der Waals surface area contributed by atoms with Gasteiger partial charge in [-0.1, -0.05) is 17.4 Å². The molecule has 0 unspecified atom stereocenters. The molecule has 0 fully saturated rings. The van der Waals surface area contributed by atoms with E-state index in [9.17, 15) is 4.79 Å². The Balaban J connectivity index is 1.75. The van der Waals surface area contributed by atoms with Crippen molar-refractivity contribution in [1.29, 1.82) is 0 Å². The number of nitrogens with one attached hydrogen (secondary N) is 1. The van der Waals surface area contributed by atoms with Gasteiger partial charge in [-0.25, -0.2) is 4.98 Å². The molecule has 0 aliphatic carbocycles. The van der Waals surface area contributed by atoms with Crippen molar-refractivity contribution >= 4 is 38.4 Å². The SMILES string of the molecule is CCOCOc1ccc2nc(NC(=O)c3cccc([N+](C)(C)C)n3)sc2c1. The van der Waals surface area contributed by atoms with Crippen LogP contribution in [0.5, 0.6) is 5.75 Å². The van der Waals surface area contributed by atoms with Crippen LogP contribution >= 0.6 is 11.3 Å². The van der Waals surface area contributed by atoms with Crippen LogP contribution < -0.4 is 14.5 Å². The molecule has 7 nitrogen and oxygen atoms in total. The third-order valence-electron chi connectivity index (χ3n) is 3.75. The Kier molecular flexibility index (Phi) is 5.69. The van der Waals surface area contributed by atoms with Crippen LogP contribution in [0.1, 0.15) is 17.4 Å². The van der Waals surface area contributed by atoms with E-state index in [0.29, 0.717) is 27.7 Å². The smallest absolute Gasteiger partial charge is 0.276 e. The maximum Gasteiger partial charge on any atom is 0.276 e. The standard InChI is InChI=1S/C19H22N4O3S/c1-5-25-12-26-13-9-10-14-16(11-13)27-19(21-14)22-18(24)15-7-6-8-17(20-15)23(2,3)4/h6-11H,5,12H2,1-4H3/p+1. The van der Waals surface area contributed by atoms with Gasteiger partial charge < -0.3 is 9.47 Å². The second-order valence-corrected chi connectivity index (χ2v) is 7.78. The Morgan fingerprint density at radius 2 is 2.00 bits per heavy atom. The summed E-state index contributed by atoms with van der Waals surface area (Å²) in [5.74, 6) is 1.23. The number of quaternary nitrogens is 1. The van der Waals surface area contributed by atoms with Crippen molar-refractivity contribution in [2.75, 3.05) is 39.9 Å². The van der Waals surface area contributed by atoms with Crippen molar-refractivity contribution in [3.63, 3.8) is 0 Å². The summed E-state index contributed by atoms with van der Waals surface area (Å²) in [5, 5.41) is 3.35. The minimum atomic E-state index is -0.280. The van der Waals surface area contributed by atoms with Crippen LogP contribution in [0.4, 0.5) is 10.9 Å². The largest absolute Gasteiger partial charge is 0.468 e. The highest BCUT2D eigenvalue weighted by molar-refractivity contribution is 7.22. The first-order valence-electron chi connectivity index (χ1n) is 8.58. The van der Waals surface area contributed by atoms with Crippen LogP contribution in [0.25, 0.3) is 10.2 Å². The molecule has 142 valence electrons. The van der Waals surface area contributed by atoms with E-state index in [-0.39, 0.29) is 12.7 Å². The lowest BCUT2D eigenvalue weighted by atomic mass is 10.3. The number of pyridine rings is 1. The van der Waals surface area contributed by atoms with Gasteiger partial charge >= 0.3 is 0 Å². The first-order valence-corrected chi connectivity index (χ1v) is 9.40. The summed E-state index contributed by atoms with van der Waals surface area (Å²) in [6.07, 6.45) is 0. The molecule has 0 aliphatic heterocycles. The molecule has 3 rings (SSSR count). The van der Waals surface area contributed by atoms with E-state index < -0.39 is 0 Å². The molecular formula is C19H23N4O3S+. The number of anilines is 1. The van der Waals surface area contributed by atoms with Gasteiger partial charge in [-0.15, -0.1) is 0 Å². The average molecular weight is 387 g/mol. The number of carbonyl (C=O) groups excluding carboxylic acids is 1. The summed E-state index contributed by atoms with van der Waals surface area (Å²) in [5.41, 5.74) is 1.16. The van der Waals surface area contributed by atoms with E-state index in [0.717, 1.165) is 16.0 Å². The molecule has 3 aromatic rings. The molecule has 8 heteroatoms. The first kappa shape index (κ1) is 19.2. The molecule has 1 N–H and O–H groups in total. The van der Waals surface area contributed by atoms with Crippen molar-refractivity contribution in [2.24, 2.45) is 0 Å². The second kappa shape index (κ2) is 7.99. The minimum absolute atomic E-state index is 0.207. The zero-order valence-electron chi connectivity index (χ0n) is 15.9. The summed E-state index contributed by atoms with van der Waals surface area (Å²) in [6, 6.07) is 11.0. The molecule has 0 saturated carbocycles. The number of benzene rings is 1. The average Bonchev–Trinajstić information content (AvgIpc) is 3.03. The van der Waals surface area contributed by atoms with Crippen LogP contribution in [-0.2, 0) is 4.74 Å². The number of carbonyl (C=O) groups is 1. The Labute approximate surface area is 162 Å². The fraction of sp³-hybridized carbons (Fsp3) is 0.316. The maximum atomic E-state index is 12.6. The minimum Gasteiger partial charge on any atom is -0.468 e. The van der Waals surface area contributed by atoms with Crippen LogP contribution in [0, 0.1) is 0 Å². The van der Waals surface area contributed by atoms with Gasteiger partial charge in [-0.3, -0.25) is 14.6 Å².